The molecule has 0 aromatic carbocycles. The molecule has 0 radical (unpaired) electrons. The molecule has 0 spiro atoms. The zero-order chi connectivity index (χ0) is 16.8. The second-order valence-electron chi connectivity index (χ2n) is 6.57. The monoisotopic (exact) mass is 310 g/mol. The number of esters is 1. The van der Waals surface area contributed by atoms with E-state index in [1.165, 1.54) is 0 Å². The van der Waals surface area contributed by atoms with E-state index in [1.54, 1.807) is 20.1 Å². The van der Waals surface area contributed by atoms with Gasteiger partial charge in [0.05, 0.1) is 11.7 Å². The largest absolute Gasteiger partial charge is 0.462 e. The Labute approximate surface area is 134 Å². The van der Waals surface area contributed by atoms with Crippen LogP contribution < -0.4 is 0 Å². The van der Waals surface area contributed by atoms with E-state index in [-0.39, 0.29) is 24.6 Å². The Morgan fingerprint density at radius 1 is 1.41 bits per heavy atom. The fourth-order valence-electron chi connectivity index (χ4n) is 2.46. The van der Waals surface area contributed by atoms with Crippen LogP contribution in [-0.4, -0.2) is 36.0 Å². The Kier molecular flexibility index (Phi) is 7.30. The molecule has 0 aliphatic carbocycles. The molecule has 0 saturated heterocycles. The van der Waals surface area contributed by atoms with Crippen LogP contribution >= 0.6 is 0 Å². The molecule has 1 aliphatic rings. The molecule has 0 fully saturated rings. The quantitative estimate of drug-likeness (QED) is 0.596. The first kappa shape index (κ1) is 18.9. The Bertz CT molecular complexity index is 423. The lowest BCUT2D eigenvalue weighted by atomic mass is 9.95. The van der Waals surface area contributed by atoms with Crippen molar-refractivity contribution >= 4 is 5.97 Å². The van der Waals surface area contributed by atoms with Gasteiger partial charge in [-0.15, -0.1) is 0 Å². The number of rotatable bonds is 1. The van der Waals surface area contributed by atoms with Gasteiger partial charge in [0.15, 0.2) is 0 Å². The van der Waals surface area contributed by atoms with Crippen molar-refractivity contribution in [3.8, 4) is 0 Å². The molecule has 0 unspecified atom stereocenters. The van der Waals surface area contributed by atoms with Crippen molar-refractivity contribution in [2.45, 2.75) is 71.2 Å². The number of carbonyl (C=O) groups is 1. The number of ether oxygens (including phenoxy) is 2. The van der Waals surface area contributed by atoms with Crippen molar-refractivity contribution in [3.05, 3.63) is 23.8 Å². The van der Waals surface area contributed by atoms with E-state index in [2.05, 4.69) is 13.0 Å². The highest BCUT2D eigenvalue weighted by Gasteiger charge is 2.22. The average molecular weight is 310 g/mol. The van der Waals surface area contributed by atoms with Crippen LogP contribution in [-0.2, 0) is 14.3 Å². The average Bonchev–Trinajstić information content (AvgIpc) is 2.44. The molecule has 0 bridgehead atoms. The zero-order valence-corrected chi connectivity index (χ0v) is 14.5. The Morgan fingerprint density at radius 3 is 2.73 bits per heavy atom. The number of hydrogen-bond donors (Lipinski definition) is 1. The van der Waals surface area contributed by atoms with Gasteiger partial charge in [-0.05, 0) is 51.5 Å². The topological polar surface area (TPSA) is 55.8 Å². The maximum absolute atomic E-state index is 11.9. The fourth-order valence-corrected chi connectivity index (χ4v) is 2.46. The lowest BCUT2D eigenvalue weighted by molar-refractivity contribution is -0.151. The van der Waals surface area contributed by atoms with Crippen LogP contribution in [0.15, 0.2) is 23.8 Å². The summed E-state index contributed by atoms with van der Waals surface area (Å²) in [6.45, 7) is 7.76. The molecule has 0 aromatic heterocycles. The molecular formula is C18H30O4. The highest BCUT2D eigenvalue weighted by atomic mass is 16.5. The molecule has 4 heteroatoms. The summed E-state index contributed by atoms with van der Waals surface area (Å²) in [4.78, 5) is 11.9. The van der Waals surface area contributed by atoms with Crippen molar-refractivity contribution in [2.24, 2.45) is 5.92 Å². The number of aliphatic hydroxyl groups is 1. The van der Waals surface area contributed by atoms with Crippen LogP contribution in [0.25, 0.3) is 0 Å². The molecule has 0 aromatic rings. The second-order valence-corrected chi connectivity index (χ2v) is 6.57. The first-order chi connectivity index (χ1) is 10.2. The lowest BCUT2D eigenvalue weighted by Gasteiger charge is -2.23. The summed E-state index contributed by atoms with van der Waals surface area (Å²) in [5, 5.41) is 10.3. The zero-order valence-electron chi connectivity index (χ0n) is 14.5. The molecule has 4 nitrogen and oxygen atoms in total. The normalized spacial score (nSPS) is 39.3. The molecule has 126 valence electrons. The summed E-state index contributed by atoms with van der Waals surface area (Å²) in [6, 6.07) is 0. The molecule has 1 rings (SSSR count). The smallest absolute Gasteiger partial charge is 0.306 e. The van der Waals surface area contributed by atoms with Gasteiger partial charge >= 0.3 is 5.97 Å². The van der Waals surface area contributed by atoms with Crippen LogP contribution in [0.4, 0.5) is 0 Å². The number of allylic oxidation sites excluding steroid dienone is 1. The number of carbonyl (C=O) groups excluding carboxylic acids is 1. The van der Waals surface area contributed by atoms with Gasteiger partial charge in [0.1, 0.15) is 6.10 Å². The minimum Gasteiger partial charge on any atom is -0.462 e. The third kappa shape index (κ3) is 6.32. The van der Waals surface area contributed by atoms with Crippen molar-refractivity contribution in [3.63, 3.8) is 0 Å². The first-order valence-corrected chi connectivity index (χ1v) is 8.06. The summed E-state index contributed by atoms with van der Waals surface area (Å²) >= 11 is 0. The SMILES string of the molecule is CO[C@H]1/C=C\[C@@](C)(O)CCC(=O)O[C@H](C)[C@@H](C)CC/C=C\1C. The first-order valence-electron chi connectivity index (χ1n) is 8.06. The molecule has 1 heterocycles. The van der Waals surface area contributed by atoms with Gasteiger partial charge < -0.3 is 14.6 Å². The lowest BCUT2D eigenvalue weighted by Crippen LogP contribution is -2.27. The maximum Gasteiger partial charge on any atom is 0.306 e. The maximum atomic E-state index is 11.9. The predicted molar refractivity (Wildman–Crippen MR) is 87.5 cm³/mol. The van der Waals surface area contributed by atoms with Crippen LogP contribution in [0.5, 0.6) is 0 Å². The van der Waals surface area contributed by atoms with Crippen molar-refractivity contribution in [1.82, 2.24) is 0 Å². The van der Waals surface area contributed by atoms with Gasteiger partial charge in [0.25, 0.3) is 0 Å². The van der Waals surface area contributed by atoms with E-state index in [0.29, 0.717) is 12.3 Å². The highest BCUT2D eigenvalue weighted by Crippen LogP contribution is 2.21. The van der Waals surface area contributed by atoms with Gasteiger partial charge in [-0.25, -0.2) is 0 Å². The van der Waals surface area contributed by atoms with Crippen LogP contribution in [0, 0.1) is 5.92 Å². The van der Waals surface area contributed by atoms with Crippen molar-refractivity contribution in [1.29, 1.82) is 0 Å². The summed E-state index contributed by atoms with van der Waals surface area (Å²) in [5.41, 5.74) is 0.0816. The molecule has 1 N–H and O–H groups in total. The van der Waals surface area contributed by atoms with Crippen LogP contribution in [0.3, 0.4) is 0 Å². The predicted octanol–water partition coefficient (Wildman–Crippen LogP) is 3.40. The minimum atomic E-state index is -1.05. The van der Waals surface area contributed by atoms with Crippen molar-refractivity contribution < 1.29 is 19.4 Å². The fraction of sp³-hybridized carbons (Fsp3) is 0.722. The van der Waals surface area contributed by atoms with Gasteiger partial charge in [-0.3, -0.25) is 4.79 Å². The number of cyclic esters (lactones) is 1. The Hall–Kier alpha value is -1.13. The van der Waals surface area contributed by atoms with Crippen molar-refractivity contribution in [2.75, 3.05) is 7.11 Å². The van der Waals surface area contributed by atoms with Gasteiger partial charge in [-0.1, -0.05) is 25.2 Å². The minimum absolute atomic E-state index is 0.108. The summed E-state index contributed by atoms with van der Waals surface area (Å²) < 4.78 is 10.9. The second kappa shape index (κ2) is 8.49. The number of methoxy groups -OCH3 is 1. The molecule has 1 aliphatic heterocycles. The Balaban J connectivity index is 2.93. The summed E-state index contributed by atoms with van der Waals surface area (Å²) in [5.74, 6) is 0.0492. The van der Waals surface area contributed by atoms with E-state index in [9.17, 15) is 9.90 Å². The van der Waals surface area contributed by atoms with E-state index in [4.69, 9.17) is 9.47 Å². The standard InChI is InChI=1S/C18H30O4/c1-13-7-6-8-14(2)16(21-5)9-11-18(4,20)12-10-17(19)22-15(13)3/h8-9,11,13,15-16,20H,6-7,10,12H2,1-5H3/b11-9-,14-8-/t13-,15+,16-,18+/m0/s1. The molecule has 0 amide bonds. The van der Waals surface area contributed by atoms with E-state index >= 15 is 0 Å². The highest BCUT2D eigenvalue weighted by molar-refractivity contribution is 5.69. The van der Waals surface area contributed by atoms with Gasteiger partial charge in [0.2, 0.25) is 0 Å². The van der Waals surface area contributed by atoms with Crippen LogP contribution in [0.2, 0.25) is 0 Å². The molecule has 0 saturated carbocycles. The third-order valence-electron chi connectivity index (χ3n) is 4.38. The summed E-state index contributed by atoms with van der Waals surface area (Å²) in [7, 11) is 1.66. The third-order valence-corrected chi connectivity index (χ3v) is 4.38. The van der Waals surface area contributed by atoms with E-state index in [0.717, 1.165) is 18.4 Å². The summed E-state index contributed by atoms with van der Waals surface area (Å²) in [6.07, 6.45) is 7.89. The Morgan fingerprint density at radius 2 is 2.09 bits per heavy atom. The van der Waals surface area contributed by atoms with Crippen LogP contribution in [0.1, 0.15) is 53.4 Å². The van der Waals surface area contributed by atoms with Gasteiger partial charge in [-0.2, -0.15) is 0 Å². The van der Waals surface area contributed by atoms with E-state index < -0.39 is 5.60 Å². The molecule has 4 atom stereocenters. The van der Waals surface area contributed by atoms with Gasteiger partial charge in [0, 0.05) is 13.5 Å². The number of hydrogen-bond acceptors (Lipinski definition) is 4. The van der Waals surface area contributed by atoms with E-state index in [1.807, 2.05) is 19.9 Å². The molecular weight excluding hydrogens is 280 g/mol. The molecule has 22 heavy (non-hydrogen) atoms.